The Hall–Kier alpha value is -3.52. The summed E-state index contributed by atoms with van der Waals surface area (Å²) >= 11 is 1.28. The van der Waals surface area contributed by atoms with Crippen LogP contribution in [-0.2, 0) is 11.3 Å². The SMILES string of the molecule is COC(=O)c1ccc(C(=O)Nc2sc(C)cc2C(=O)NCc2ccc(F)cc2)cc1. The van der Waals surface area contributed by atoms with E-state index in [9.17, 15) is 18.8 Å². The molecule has 1 heterocycles. The van der Waals surface area contributed by atoms with E-state index in [1.807, 2.05) is 6.92 Å². The van der Waals surface area contributed by atoms with Crippen molar-refractivity contribution in [2.24, 2.45) is 0 Å². The Morgan fingerprint density at radius 3 is 2.23 bits per heavy atom. The highest BCUT2D eigenvalue weighted by Gasteiger charge is 2.18. The quantitative estimate of drug-likeness (QED) is 0.580. The first-order valence-electron chi connectivity index (χ1n) is 9.00. The van der Waals surface area contributed by atoms with Crippen molar-refractivity contribution < 1.29 is 23.5 Å². The van der Waals surface area contributed by atoms with Gasteiger partial charge in [0.05, 0.1) is 18.2 Å². The van der Waals surface area contributed by atoms with Crippen LogP contribution in [0.4, 0.5) is 9.39 Å². The first-order valence-corrected chi connectivity index (χ1v) is 9.82. The second-order valence-electron chi connectivity index (χ2n) is 6.43. The van der Waals surface area contributed by atoms with Crippen LogP contribution in [0.25, 0.3) is 0 Å². The molecule has 0 saturated carbocycles. The number of hydrogen-bond donors (Lipinski definition) is 2. The minimum Gasteiger partial charge on any atom is -0.465 e. The molecular formula is C22H19FN2O4S. The van der Waals surface area contributed by atoms with Crippen molar-refractivity contribution in [1.82, 2.24) is 5.32 Å². The fourth-order valence-corrected chi connectivity index (χ4v) is 3.61. The average molecular weight is 426 g/mol. The van der Waals surface area contributed by atoms with Gasteiger partial charge in [0.25, 0.3) is 11.8 Å². The number of carbonyl (C=O) groups excluding carboxylic acids is 3. The number of amides is 2. The number of carbonyl (C=O) groups is 3. The second-order valence-corrected chi connectivity index (χ2v) is 7.69. The van der Waals surface area contributed by atoms with Gasteiger partial charge < -0.3 is 15.4 Å². The minimum atomic E-state index is -0.490. The molecule has 2 amide bonds. The Morgan fingerprint density at radius 1 is 0.967 bits per heavy atom. The number of rotatable bonds is 6. The molecule has 8 heteroatoms. The Labute approximate surface area is 176 Å². The van der Waals surface area contributed by atoms with E-state index in [4.69, 9.17) is 0 Å². The van der Waals surface area contributed by atoms with Crippen LogP contribution in [0.3, 0.4) is 0 Å². The first-order chi connectivity index (χ1) is 14.4. The number of anilines is 1. The van der Waals surface area contributed by atoms with Crippen LogP contribution < -0.4 is 10.6 Å². The van der Waals surface area contributed by atoms with Crippen molar-refractivity contribution in [2.45, 2.75) is 13.5 Å². The molecule has 0 bridgehead atoms. The van der Waals surface area contributed by atoms with Gasteiger partial charge in [-0.2, -0.15) is 0 Å². The number of nitrogens with one attached hydrogen (secondary N) is 2. The summed E-state index contributed by atoms with van der Waals surface area (Å²) in [4.78, 5) is 37.5. The Balaban J connectivity index is 1.69. The van der Waals surface area contributed by atoms with Crippen molar-refractivity contribution in [3.63, 3.8) is 0 Å². The molecule has 0 radical (unpaired) electrons. The predicted octanol–water partition coefficient (Wildman–Crippen LogP) is 4.16. The van der Waals surface area contributed by atoms with Crippen molar-refractivity contribution in [1.29, 1.82) is 0 Å². The van der Waals surface area contributed by atoms with Crippen LogP contribution in [0.1, 0.15) is 41.5 Å². The smallest absolute Gasteiger partial charge is 0.337 e. The molecule has 0 spiro atoms. The van der Waals surface area contributed by atoms with E-state index in [1.54, 1.807) is 18.2 Å². The third-order valence-electron chi connectivity index (χ3n) is 4.26. The number of hydrogen-bond acceptors (Lipinski definition) is 5. The lowest BCUT2D eigenvalue weighted by Crippen LogP contribution is -2.24. The van der Waals surface area contributed by atoms with Gasteiger partial charge in [0.15, 0.2) is 0 Å². The third-order valence-corrected chi connectivity index (χ3v) is 5.23. The number of benzene rings is 2. The largest absolute Gasteiger partial charge is 0.465 e. The topological polar surface area (TPSA) is 84.5 Å². The van der Waals surface area contributed by atoms with E-state index >= 15 is 0 Å². The number of thiophene rings is 1. The monoisotopic (exact) mass is 426 g/mol. The van der Waals surface area contributed by atoms with Gasteiger partial charge >= 0.3 is 5.97 Å². The molecule has 0 atom stereocenters. The molecule has 154 valence electrons. The maximum atomic E-state index is 13.0. The zero-order valence-corrected chi connectivity index (χ0v) is 17.1. The van der Waals surface area contributed by atoms with Crippen LogP contribution >= 0.6 is 11.3 Å². The fourth-order valence-electron chi connectivity index (χ4n) is 2.71. The van der Waals surface area contributed by atoms with Gasteiger partial charge in [0.2, 0.25) is 0 Å². The van der Waals surface area contributed by atoms with E-state index in [2.05, 4.69) is 15.4 Å². The van der Waals surface area contributed by atoms with Gasteiger partial charge in [-0.05, 0) is 55.0 Å². The zero-order valence-electron chi connectivity index (χ0n) is 16.3. The molecule has 2 N–H and O–H groups in total. The minimum absolute atomic E-state index is 0.233. The lowest BCUT2D eigenvalue weighted by atomic mass is 10.1. The van der Waals surface area contributed by atoms with Gasteiger partial charge in [-0.3, -0.25) is 9.59 Å². The van der Waals surface area contributed by atoms with Crippen LogP contribution in [-0.4, -0.2) is 24.9 Å². The number of methoxy groups -OCH3 is 1. The van der Waals surface area contributed by atoms with Crippen LogP contribution in [0, 0.1) is 12.7 Å². The summed E-state index contributed by atoms with van der Waals surface area (Å²) in [6.45, 7) is 2.07. The first kappa shape index (κ1) is 21.2. The second kappa shape index (κ2) is 9.32. The van der Waals surface area contributed by atoms with Crippen LogP contribution in [0.15, 0.2) is 54.6 Å². The lowest BCUT2D eigenvalue weighted by Gasteiger charge is -2.08. The number of halogens is 1. The fraction of sp³-hybridized carbons (Fsp3) is 0.136. The van der Waals surface area contributed by atoms with Gasteiger partial charge in [-0.25, -0.2) is 9.18 Å². The molecule has 6 nitrogen and oxygen atoms in total. The summed E-state index contributed by atoms with van der Waals surface area (Å²) in [5.74, 6) is -1.58. The van der Waals surface area contributed by atoms with Gasteiger partial charge in [0, 0.05) is 17.0 Å². The zero-order chi connectivity index (χ0) is 21.7. The van der Waals surface area contributed by atoms with Crippen LogP contribution in [0.2, 0.25) is 0 Å². The summed E-state index contributed by atoms with van der Waals surface area (Å²) in [5, 5.41) is 5.94. The van der Waals surface area contributed by atoms with Gasteiger partial charge in [0.1, 0.15) is 10.8 Å². The molecule has 0 aliphatic carbocycles. The summed E-state index contributed by atoms with van der Waals surface area (Å²) in [5.41, 5.74) is 1.78. The molecule has 30 heavy (non-hydrogen) atoms. The molecule has 0 fully saturated rings. The van der Waals surface area contributed by atoms with E-state index in [1.165, 1.54) is 54.8 Å². The molecule has 3 rings (SSSR count). The maximum absolute atomic E-state index is 13.0. The molecule has 2 aromatic carbocycles. The number of esters is 1. The molecule has 0 aliphatic heterocycles. The lowest BCUT2D eigenvalue weighted by molar-refractivity contribution is 0.0600. The van der Waals surface area contributed by atoms with Crippen molar-refractivity contribution in [3.8, 4) is 0 Å². The predicted molar refractivity (Wildman–Crippen MR) is 112 cm³/mol. The van der Waals surface area contributed by atoms with Crippen molar-refractivity contribution in [2.75, 3.05) is 12.4 Å². The standard InChI is InChI=1S/C22H19FN2O4S/c1-13-11-18(20(27)24-12-14-3-9-17(23)10-4-14)21(30-13)25-19(26)15-5-7-16(8-6-15)22(28)29-2/h3-11H,12H2,1-2H3,(H,24,27)(H,25,26). The van der Waals surface area contributed by atoms with Crippen LogP contribution in [0.5, 0.6) is 0 Å². The van der Waals surface area contributed by atoms with E-state index < -0.39 is 11.9 Å². The third kappa shape index (κ3) is 5.09. The molecular weight excluding hydrogens is 407 g/mol. The highest BCUT2D eigenvalue weighted by atomic mass is 32.1. The van der Waals surface area contributed by atoms with Crippen molar-refractivity contribution >= 4 is 34.1 Å². The molecule has 0 unspecified atom stereocenters. The number of ether oxygens (including phenoxy) is 1. The van der Waals surface area contributed by atoms with E-state index in [-0.39, 0.29) is 18.3 Å². The Morgan fingerprint density at radius 2 is 1.60 bits per heavy atom. The summed E-state index contributed by atoms with van der Waals surface area (Å²) < 4.78 is 17.6. The molecule has 0 aliphatic rings. The Kier molecular flexibility index (Phi) is 6.58. The van der Waals surface area contributed by atoms with Crippen molar-refractivity contribution in [3.05, 3.63) is 87.5 Å². The molecule has 3 aromatic rings. The van der Waals surface area contributed by atoms with E-state index in [0.29, 0.717) is 21.7 Å². The highest BCUT2D eigenvalue weighted by Crippen LogP contribution is 2.28. The van der Waals surface area contributed by atoms with Gasteiger partial charge in [-0.1, -0.05) is 12.1 Å². The van der Waals surface area contributed by atoms with E-state index in [0.717, 1.165) is 10.4 Å². The number of aryl methyl sites for hydroxylation is 1. The molecule has 0 saturated heterocycles. The molecule has 1 aromatic heterocycles. The summed E-state index contributed by atoms with van der Waals surface area (Å²) in [7, 11) is 1.28. The summed E-state index contributed by atoms with van der Waals surface area (Å²) in [6, 6.07) is 13.5. The Bertz CT molecular complexity index is 1080. The summed E-state index contributed by atoms with van der Waals surface area (Å²) in [6.07, 6.45) is 0. The average Bonchev–Trinajstić information content (AvgIpc) is 3.12. The highest BCUT2D eigenvalue weighted by molar-refractivity contribution is 7.16. The normalized spacial score (nSPS) is 10.4. The maximum Gasteiger partial charge on any atom is 0.337 e. The van der Waals surface area contributed by atoms with Gasteiger partial charge in [-0.15, -0.1) is 11.3 Å².